The van der Waals surface area contributed by atoms with Crippen LogP contribution in [-0.2, 0) is 6.61 Å². The maximum atomic E-state index is 12.4. The van der Waals surface area contributed by atoms with Gasteiger partial charge in [0.15, 0.2) is 17.3 Å². The Morgan fingerprint density at radius 3 is 2.70 bits per heavy atom. The molecule has 0 saturated heterocycles. The molecule has 0 saturated carbocycles. The van der Waals surface area contributed by atoms with Gasteiger partial charge in [0, 0.05) is 21.0 Å². The van der Waals surface area contributed by atoms with Crippen molar-refractivity contribution in [2.75, 3.05) is 6.61 Å². The summed E-state index contributed by atoms with van der Waals surface area (Å²) in [6.45, 7) is 2.67. The average Bonchev–Trinajstić information content (AvgIpc) is 3.23. The molecule has 33 heavy (non-hydrogen) atoms. The molecule has 168 valence electrons. The van der Waals surface area contributed by atoms with Gasteiger partial charge in [0.1, 0.15) is 12.2 Å². The lowest BCUT2D eigenvalue weighted by molar-refractivity contribution is 0.0929. The fourth-order valence-electron chi connectivity index (χ4n) is 3.11. The molecule has 6 nitrogen and oxygen atoms in total. The van der Waals surface area contributed by atoms with Crippen LogP contribution in [0.1, 0.15) is 28.6 Å². The van der Waals surface area contributed by atoms with Crippen molar-refractivity contribution >= 4 is 46.3 Å². The highest BCUT2D eigenvalue weighted by Crippen LogP contribution is 2.29. The Morgan fingerprint density at radius 2 is 1.88 bits per heavy atom. The first-order chi connectivity index (χ1) is 16.0. The predicted octanol–water partition coefficient (Wildman–Crippen LogP) is 6.48. The molecule has 0 radical (unpaired) electrons. The number of carbonyl (C=O) groups is 1. The molecule has 0 bridgehead atoms. The van der Waals surface area contributed by atoms with Gasteiger partial charge in [-0.3, -0.25) is 4.79 Å². The van der Waals surface area contributed by atoms with Gasteiger partial charge in [-0.2, -0.15) is 5.10 Å². The second kappa shape index (κ2) is 10.4. The van der Waals surface area contributed by atoms with Gasteiger partial charge in [-0.1, -0.05) is 41.4 Å². The van der Waals surface area contributed by atoms with E-state index in [4.69, 9.17) is 37.1 Å². The lowest BCUT2D eigenvalue weighted by Gasteiger charge is -2.13. The Hall–Kier alpha value is -3.48. The Kier molecular flexibility index (Phi) is 7.17. The van der Waals surface area contributed by atoms with Crippen LogP contribution in [-0.4, -0.2) is 18.7 Å². The van der Waals surface area contributed by atoms with E-state index < -0.39 is 5.91 Å². The van der Waals surface area contributed by atoms with E-state index in [1.807, 2.05) is 37.3 Å². The summed E-state index contributed by atoms with van der Waals surface area (Å²) >= 11 is 12.2. The van der Waals surface area contributed by atoms with Crippen LogP contribution in [0.25, 0.3) is 11.0 Å². The monoisotopic (exact) mass is 482 g/mol. The second-order valence-corrected chi connectivity index (χ2v) is 7.85. The van der Waals surface area contributed by atoms with Crippen LogP contribution < -0.4 is 14.9 Å². The van der Waals surface area contributed by atoms with Crippen LogP contribution in [0.5, 0.6) is 11.5 Å². The zero-order valence-corrected chi connectivity index (χ0v) is 19.2. The third-order valence-electron chi connectivity index (χ3n) is 4.69. The minimum atomic E-state index is -0.469. The van der Waals surface area contributed by atoms with Crippen LogP contribution in [0, 0.1) is 0 Å². The molecule has 1 heterocycles. The number of furan rings is 1. The number of hydrogen-bond donors (Lipinski definition) is 1. The van der Waals surface area contributed by atoms with Gasteiger partial charge < -0.3 is 13.9 Å². The molecule has 0 unspecified atom stereocenters. The van der Waals surface area contributed by atoms with Gasteiger partial charge in [0.05, 0.1) is 12.8 Å². The van der Waals surface area contributed by atoms with Gasteiger partial charge >= 0.3 is 5.91 Å². The summed E-state index contributed by atoms with van der Waals surface area (Å²) in [5.41, 5.74) is 4.63. The molecular formula is C25H20Cl2N2O4. The molecule has 0 aliphatic rings. The van der Waals surface area contributed by atoms with E-state index in [1.54, 1.807) is 36.4 Å². The molecule has 0 spiro atoms. The highest BCUT2D eigenvalue weighted by Gasteiger charge is 2.12. The number of rotatable bonds is 8. The topological polar surface area (TPSA) is 73.1 Å². The number of hydrogen-bond acceptors (Lipinski definition) is 5. The predicted molar refractivity (Wildman–Crippen MR) is 130 cm³/mol. The third kappa shape index (κ3) is 5.66. The maximum Gasteiger partial charge on any atom is 0.307 e. The second-order valence-electron chi connectivity index (χ2n) is 7.01. The first-order valence-electron chi connectivity index (χ1n) is 10.2. The zero-order valence-electron chi connectivity index (χ0n) is 17.7. The number of nitrogens with one attached hydrogen (secondary N) is 1. The zero-order chi connectivity index (χ0) is 23.2. The van der Waals surface area contributed by atoms with E-state index >= 15 is 0 Å². The van der Waals surface area contributed by atoms with Crippen molar-refractivity contribution in [1.82, 2.24) is 5.43 Å². The van der Waals surface area contributed by atoms with Gasteiger partial charge in [-0.05, 0) is 61.0 Å². The van der Waals surface area contributed by atoms with Crippen molar-refractivity contribution in [1.29, 1.82) is 0 Å². The number of amides is 1. The van der Waals surface area contributed by atoms with Crippen molar-refractivity contribution in [3.8, 4) is 11.5 Å². The largest absolute Gasteiger partial charge is 0.490 e. The fourth-order valence-corrected chi connectivity index (χ4v) is 3.48. The molecule has 4 aromatic rings. The Bertz CT molecular complexity index is 1320. The fraction of sp³-hybridized carbons (Fsp3) is 0.120. The standard InChI is InChI=1S/C25H20Cl2N2O4/c1-2-31-23-11-16(7-9-22(23)32-15-17-5-3-4-6-20(17)27)14-28-29-25(30)24-13-18-12-19(26)8-10-21(18)33-24/h3-14H,2,15H2,1H3,(H,29,30)/b28-14+. The molecule has 0 aliphatic heterocycles. The minimum absolute atomic E-state index is 0.141. The summed E-state index contributed by atoms with van der Waals surface area (Å²) < 4.78 is 17.1. The summed E-state index contributed by atoms with van der Waals surface area (Å²) in [7, 11) is 0. The van der Waals surface area contributed by atoms with E-state index in [0.29, 0.717) is 40.3 Å². The number of carbonyl (C=O) groups excluding carboxylic acids is 1. The van der Waals surface area contributed by atoms with Gasteiger partial charge in [-0.15, -0.1) is 0 Å². The van der Waals surface area contributed by atoms with Crippen LogP contribution in [0.3, 0.4) is 0 Å². The Balaban J connectivity index is 1.42. The van der Waals surface area contributed by atoms with Crippen LogP contribution in [0.2, 0.25) is 10.0 Å². The normalized spacial score (nSPS) is 11.1. The smallest absolute Gasteiger partial charge is 0.307 e. The summed E-state index contributed by atoms with van der Waals surface area (Å²) in [5, 5.41) is 5.97. The number of halogens is 2. The quantitative estimate of drug-likeness (QED) is 0.230. The van der Waals surface area contributed by atoms with Crippen LogP contribution in [0.15, 0.2) is 76.2 Å². The summed E-state index contributed by atoms with van der Waals surface area (Å²) in [5.74, 6) is 0.818. The molecule has 1 N–H and O–H groups in total. The van der Waals surface area contributed by atoms with Crippen LogP contribution >= 0.6 is 23.2 Å². The van der Waals surface area contributed by atoms with Crippen molar-refractivity contribution < 1.29 is 18.7 Å². The summed E-state index contributed by atoms with van der Waals surface area (Å²) in [4.78, 5) is 12.4. The highest BCUT2D eigenvalue weighted by molar-refractivity contribution is 6.31. The van der Waals surface area contributed by atoms with Gasteiger partial charge in [0.25, 0.3) is 0 Å². The SMILES string of the molecule is CCOc1cc(/C=N/NC(=O)c2cc3cc(Cl)ccc3o2)ccc1OCc1ccccc1Cl. The number of hydrazone groups is 1. The number of ether oxygens (including phenoxy) is 2. The molecule has 0 aliphatic carbocycles. The Labute approximate surface area is 200 Å². The summed E-state index contributed by atoms with van der Waals surface area (Å²) in [6, 6.07) is 19.6. The Morgan fingerprint density at radius 1 is 1.03 bits per heavy atom. The number of fused-ring (bicyclic) bond motifs is 1. The first-order valence-corrected chi connectivity index (χ1v) is 10.9. The van der Waals surface area contributed by atoms with Crippen molar-refractivity contribution in [3.05, 3.63) is 93.7 Å². The number of nitrogens with zero attached hydrogens (tertiary/aromatic N) is 1. The molecule has 0 atom stereocenters. The molecule has 4 rings (SSSR count). The van der Waals surface area contributed by atoms with E-state index in [-0.39, 0.29) is 5.76 Å². The average molecular weight is 483 g/mol. The van der Waals surface area contributed by atoms with Crippen molar-refractivity contribution in [2.24, 2.45) is 5.10 Å². The molecule has 0 fully saturated rings. The molecule has 1 aromatic heterocycles. The van der Waals surface area contributed by atoms with Crippen molar-refractivity contribution in [3.63, 3.8) is 0 Å². The van der Waals surface area contributed by atoms with E-state index in [1.165, 1.54) is 6.21 Å². The lowest BCUT2D eigenvalue weighted by Crippen LogP contribution is -2.16. The van der Waals surface area contributed by atoms with Gasteiger partial charge in [-0.25, -0.2) is 5.43 Å². The van der Waals surface area contributed by atoms with Gasteiger partial charge in [0.2, 0.25) is 0 Å². The first kappa shape index (κ1) is 22.7. The third-order valence-corrected chi connectivity index (χ3v) is 5.29. The van der Waals surface area contributed by atoms with E-state index in [2.05, 4.69) is 10.5 Å². The van der Waals surface area contributed by atoms with Crippen molar-refractivity contribution in [2.45, 2.75) is 13.5 Å². The van der Waals surface area contributed by atoms with E-state index in [0.717, 1.165) is 16.5 Å². The highest BCUT2D eigenvalue weighted by atomic mass is 35.5. The minimum Gasteiger partial charge on any atom is -0.490 e. The number of benzene rings is 3. The molecule has 3 aromatic carbocycles. The molecule has 8 heteroatoms. The van der Waals surface area contributed by atoms with E-state index in [9.17, 15) is 4.79 Å². The van der Waals surface area contributed by atoms with Crippen LogP contribution in [0.4, 0.5) is 0 Å². The molecule has 1 amide bonds. The maximum absolute atomic E-state index is 12.4. The summed E-state index contributed by atoms with van der Waals surface area (Å²) in [6.07, 6.45) is 1.51. The lowest BCUT2D eigenvalue weighted by atomic mass is 10.2. The molecular weight excluding hydrogens is 463 g/mol.